The molecule has 3 aromatic rings. The summed E-state index contributed by atoms with van der Waals surface area (Å²) in [6, 6.07) is 12.1. The average Bonchev–Trinajstić information content (AvgIpc) is 2.79. The molecule has 0 atom stereocenters. The highest BCUT2D eigenvalue weighted by Crippen LogP contribution is 2.31. The van der Waals surface area contributed by atoms with E-state index in [0.29, 0.717) is 24.4 Å². The minimum absolute atomic E-state index is 0.178. The summed E-state index contributed by atoms with van der Waals surface area (Å²) >= 11 is -1.10. The quantitative estimate of drug-likeness (QED) is 0.236. The van der Waals surface area contributed by atoms with Crippen LogP contribution in [0.1, 0.15) is 11.1 Å². The Hall–Kier alpha value is -2.58. The second-order valence-electron chi connectivity index (χ2n) is 6.83. The van der Waals surface area contributed by atoms with E-state index in [1.807, 2.05) is 6.92 Å². The topological polar surface area (TPSA) is 84.9 Å². The molecule has 0 unspecified atom stereocenters. The van der Waals surface area contributed by atoms with Gasteiger partial charge in [0.1, 0.15) is 21.7 Å². The lowest BCUT2D eigenvalue weighted by Crippen LogP contribution is -3.61. The van der Waals surface area contributed by atoms with E-state index >= 15 is 0 Å². The fourth-order valence-electron chi connectivity index (χ4n) is 2.64. The van der Waals surface area contributed by atoms with Crippen molar-refractivity contribution in [2.24, 2.45) is 0 Å². The summed E-state index contributed by atoms with van der Waals surface area (Å²) in [5.41, 5.74) is -0.344. The molecule has 0 amide bonds. The van der Waals surface area contributed by atoms with Crippen LogP contribution in [-0.2, 0) is 16.3 Å². The number of hydrogen-bond donors (Lipinski definition) is 0. The molecule has 0 N–H and O–H groups in total. The molecular formula is C23H21F4IO6S. The molecule has 0 saturated heterocycles. The van der Waals surface area contributed by atoms with Crippen molar-refractivity contribution in [3.8, 4) is 17.2 Å². The Morgan fingerprint density at radius 3 is 1.83 bits per heavy atom. The molecule has 0 bridgehead atoms. The Morgan fingerprint density at radius 2 is 1.40 bits per heavy atom. The largest absolute Gasteiger partial charge is 0.744 e. The highest BCUT2D eigenvalue weighted by molar-refractivity contribution is 7.85. The van der Waals surface area contributed by atoms with Crippen molar-refractivity contribution in [1.82, 2.24) is 0 Å². The van der Waals surface area contributed by atoms with Gasteiger partial charge in [0.2, 0.25) is 0 Å². The SMILES string of the molecule is COc1cc(OC)c([I+]c2ccc(F)c(C(F)(F)F)c2)c(OC)c1.Cc1ccc(S(=O)(=O)[O-])cc1. The molecule has 3 aromatic carbocycles. The number of methoxy groups -OCH3 is 3. The van der Waals surface area contributed by atoms with Gasteiger partial charge in [-0.25, -0.2) is 12.8 Å². The molecule has 190 valence electrons. The molecule has 0 aliphatic carbocycles. The molecule has 3 rings (SSSR count). The summed E-state index contributed by atoms with van der Waals surface area (Å²) in [5, 5.41) is 0. The highest BCUT2D eigenvalue weighted by Gasteiger charge is 2.37. The first-order chi connectivity index (χ1) is 16.3. The Balaban J connectivity index is 0.000000328. The molecule has 0 aliphatic heterocycles. The van der Waals surface area contributed by atoms with Gasteiger partial charge in [-0.3, -0.25) is 0 Å². The lowest BCUT2D eigenvalue weighted by molar-refractivity contribution is -0.599. The third-order valence-corrected chi connectivity index (χ3v) is 8.15. The zero-order valence-electron chi connectivity index (χ0n) is 18.9. The van der Waals surface area contributed by atoms with Crippen LogP contribution in [0.4, 0.5) is 17.6 Å². The lowest BCUT2D eigenvalue weighted by Gasteiger charge is -2.09. The van der Waals surface area contributed by atoms with Crippen LogP contribution in [0.5, 0.6) is 17.2 Å². The van der Waals surface area contributed by atoms with E-state index in [2.05, 4.69) is 0 Å². The van der Waals surface area contributed by atoms with Crippen LogP contribution in [0.3, 0.4) is 0 Å². The normalized spacial score (nSPS) is 11.3. The molecule has 0 aliphatic rings. The second-order valence-corrected chi connectivity index (χ2v) is 11.1. The third kappa shape index (κ3) is 7.97. The molecule has 35 heavy (non-hydrogen) atoms. The Labute approximate surface area is 210 Å². The number of hydrogen-bond acceptors (Lipinski definition) is 6. The van der Waals surface area contributed by atoms with Crippen LogP contribution in [-0.4, -0.2) is 34.3 Å². The van der Waals surface area contributed by atoms with Crippen LogP contribution in [0.2, 0.25) is 0 Å². The van der Waals surface area contributed by atoms with E-state index in [1.54, 1.807) is 24.3 Å². The van der Waals surface area contributed by atoms with Crippen LogP contribution in [0.25, 0.3) is 0 Å². The van der Waals surface area contributed by atoms with Gasteiger partial charge in [0.15, 0.2) is 15.1 Å². The smallest absolute Gasteiger partial charge is 0.419 e. The molecular weight excluding hydrogens is 607 g/mol. The predicted octanol–water partition coefficient (Wildman–Crippen LogP) is 1.90. The van der Waals surface area contributed by atoms with Gasteiger partial charge in [-0.05, 0) is 31.2 Å². The maximum absolute atomic E-state index is 13.4. The highest BCUT2D eigenvalue weighted by atomic mass is 127. The van der Waals surface area contributed by atoms with Gasteiger partial charge in [0.05, 0.1) is 31.8 Å². The van der Waals surface area contributed by atoms with Crippen LogP contribution in [0.15, 0.2) is 59.5 Å². The van der Waals surface area contributed by atoms with Crippen molar-refractivity contribution < 1.29 is 65.9 Å². The zero-order valence-corrected chi connectivity index (χ0v) is 21.9. The van der Waals surface area contributed by atoms with Crippen molar-refractivity contribution in [2.75, 3.05) is 21.3 Å². The first-order valence-corrected chi connectivity index (χ1v) is 13.2. The number of rotatable bonds is 6. The van der Waals surface area contributed by atoms with Gasteiger partial charge in [0, 0.05) is 18.2 Å². The van der Waals surface area contributed by atoms with Gasteiger partial charge >= 0.3 is 27.4 Å². The van der Waals surface area contributed by atoms with E-state index in [0.717, 1.165) is 17.7 Å². The molecule has 0 aromatic heterocycles. The van der Waals surface area contributed by atoms with Crippen molar-refractivity contribution in [3.63, 3.8) is 0 Å². The van der Waals surface area contributed by atoms with Crippen molar-refractivity contribution >= 4 is 10.1 Å². The van der Waals surface area contributed by atoms with Crippen LogP contribution < -0.4 is 35.4 Å². The lowest BCUT2D eigenvalue weighted by atomic mass is 10.2. The van der Waals surface area contributed by atoms with Gasteiger partial charge in [-0.1, -0.05) is 17.7 Å². The summed E-state index contributed by atoms with van der Waals surface area (Å²) in [7, 11) is 0.118. The van der Waals surface area contributed by atoms with Crippen molar-refractivity contribution in [1.29, 1.82) is 0 Å². The van der Waals surface area contributed by atoms with Gasteiger partial charge < -0.3 is 18.8 Å². The first kappa shape index (κ1) is 28.7. The Kier molecular flexibility index (Phi) is 9.75. The van der Waals surface area contributed by atoms with Crippen molar-refractivity contribution in [2.45, 2.75) is 18.0 Å². The maximum Gasteiger partial charge on any atom is 0.419 e. The Bertz CT molecular complexity index is 1240. The minimum atomic E-state index is -4.74. The molecule has 0 spiro atoms. The van der Waals surface area contributed by atoms with E-state index in [-0.39, 0.29) is 4.90 Å². The molecule has 6 nitrogen and oxygen atoms in total. The van der Waals surface area contributed by atoms with Gasteiger partial charge in [-0.15, -0.1) is 0 Å². The van der Waals surface area contributed by atoms with E-state index < -0.39 is 48.9 Å². The van der Waals surface area contributed by atoms with Gasteiger partial charge in [-0.2, -0.15) is 13.2 Å². The molecule has 0 saturated carbocycles. The van der Waals surface area contributed by atoms with E-state index in [9.17, 15) is 30.5 Å². The zero-order chi connectivity index (χ0) is 26.4. The fraction of sp³-hybridized carbons (Fsp3) is 0.217. The number of ether oxygens (including phenoxy) is 3. The summed E-state index contributed by atoms with van der Waals surface area (Å²) in [6.07, 6.45) is -4.74. The molecule has 0 fully saturated rings. The minimum Gasteiger partial charge on any atom is -0.744 e. The summed E-state index contributed by atoms with van der Waals surface area (Å²) < 4.78 is 99.9. The first-order valence-electron chi connectivity index (χ1n) is 9.64. The Morgan fingerprint density at radius 1 is 0.857 bits per heavy atom. The number of aryl methyl sites for hydroxylation is 1. The van der Waals surface area contributed by atoms with E-state index in [4.69, 9.17) is 14.2 Å². The number of halogens is 5. The van der Waals surface area contributed by atoms with E-state index in [1.165, 1.54) is 39.5 Å². The van der Waals surface area contributed by atoms with Gasteiger partial charge in [0.25, 0.3) is 3.57 Å². The number of alkyl halides is 3. The number of benzene rings is 3. The fourth-order valence-corrected chi connectivity index (χ4v) is 5.85. The maximum atomic E-state index is 13.4. The summed E-state index contributed by atoms with van der Waals surface area (Å²) in [6.45, 7) is 1.82. The third-order valence-electron chi connectivity index (χ3n) is 4.40. The van der Waals surface area contributed by atoms with Crippen LogP contribution >= 0.6 is 0 Å². The monoisotopic (exact) mass is 628 g/mol. The molecule has 0 radical (unpaired) electrons. The van der Waals surface area contributed by atoms with Crippen molar-refractivity contribution in [3.05, 3.63) is 78.7 Å². The average molecular weight is 628 g/mol. The second kappa shape index (κ2) is 11.9. The standard InChI is InChI=1S/C16H14F4IO3.C7H8O3S/c1-22-10-7-13(23-2)15(14(8-10)24-3)21-9-4-5-12(17)11(6-9)16(18,19)20;1-6-2-4-7(5-3-6)11(8,9)10/h4-8H,1-3H3;2-5H,1H3,(H,8,9,10)/q+1;/p-1. The molecule has 12 heteroatoms. The summed E-state index contributed by atoms with van der Waals surface area (Å²) in [5.74, 6) is 0.129. The predicted molar refractivity (Wildman–Crippen MR) is 114 cm³/mol. The molecule has 0 heterocycles. The van der Waals surface area contributed by atoms with Crippen LogP contribution in [0, 0.1) is 19.9 Å². The summed E-state index contributed by atoms with van der Waals surface area (Å²) in [4.78, 5) is -0.178.